The minimum absolute atomic E-state index is 0.0829. The second-order valence-corrected chi connectivity index (χ2v) is 9.94. The number of para-hydroxylation sites is 1. The van der Waals surface area contributed by atoms with E-state index in [1.165, 1.54) is 6.33 Å². The Labute approximate surface area is 221 Å². The number of anilines is 1. The average Bonchev–Trinajstić information content (AvgIpc) is 3.34. The largest absolute Gasteiger partial charge is 0.457 e. The summed E-state index contributed by atoms with van der Waals surface area (Å²) in [5.41, 5.74) is 1.41. The number of aromatic amines is 1. The first-order chi connectivity index (χ1) is 17.9. The molecule has 1 saturated heterocycles. The predicted octanol–water partition coefficient (Wildman–Crippen LogP) is 5.54. The fraction of sp³-hybridized carbons (Fsp3) is 0.321. The highest BCUT2D eigenvalue weighted by Gasteiger charge is 2.28. The number of nitrogens with one attached hydrogen (secondary N) is 2. The van der Waals surface area contributed by atoms with Crippen LogP contribution in [-0.4, -0.2) is 64.5 Å². The Morgan fingerprint density at radius 2 is 1.95 bits per heavy atom. The highest BCUT2D eigenvalue weighted by molar-refractivity contribution is 6.35. The van der Waals surface area contributed by atoms with Gasteiger partial charge in [-0.25, -0.2) is 9.97 Å². The maximum Gasteiger partial charge on any atom is 0.196 e. The highest BCUT2D eigenvalue weighted by atomic mass is 35.5. The minimum atomic E-state index is -0.222. The zero-order valence-corrected chi connectivity index (χ0v) is 21.8. The lowest BCUT2D eigenvalue weighted by Crippen LogP contribution is -2.44. The van der Waals surface area contributed by atoms with Crippen molar-refractivity contribution >= 4 is 34.2 Å². The van der Waals surface area contributed by atoms with Gasteiger partial charge < -0.3 is 24.7 Å². The number of fused-ring (bicyclic) bond motifs is 1. The molecular formula is C28H30ClN5O3. The van der Waals surface area contributed by atoms with E-state index in [4.69, 9.17) is 21.1 Å². The van der Waals surface area contributed by atoms with Crippen LogP contribution in [0.5, 0.6) is 11.5 Å². The number of carbonyl (C=O) groups excluding carboxylic acids is 1. The third-order valence-corrected chi connectivity index (χ3v) is 7.20. The summed E-state index contributed by atoms with van der Waals surface area (Å²) < 4.78 is 12.0. The Morgan fingerprint density at radius 3 is 2.65 bits per heavy atom. The maximum atomic E-state index is 13.6. The standard InChI is InChI=1S/C28H30ClN5O3/c1-17(34(2)3)24-12-9-18(15-36-24)33-28-25-22(14-30-27(25)31-16-32-28)26(35)21-11-10-20(13-23(21)29)37-19-7-5-4-6-8-19/h4-8,10-11,13-14,16-18,24H,9,12,15H2,1-3H3,(H2,30,31,32,33)/t17?,18-,24+/m1/s1. The van der Waals surface area contributed by atoms with Gasteiger partial charge in [-0.05, 0) is 58.1 Å². The first kappa shape index (κ1) is 25.2. The van der Waals surface area contributed by atoms with Crippen LogP contribution in [0.15, 0.2) is 61.1 Å². The van der Waals surface area contributed by atoms with E-state index in [-0.39, 0.29) is 17.9 Å². The first-order valence-corrected chi connectivity index (χ1v) is 12.7. The van der Waals surface area contributed by atoms with E-state index in [1.807, 2.05) is 30.3 Å². The monoisotopic (exact) mass is 519 g/mol. The molecule has 1 fully saturated rings. The number of ether oxygens (including phenoxy) is 2. The van der Waals surface area contributed by atoms with E-state index in [0.29, 0.717) is 57.1 Å². The number of hydrogen-bond donors (Lipinski definition) is 2. The van der Waals surface area contributed by atoms with Crippen LogP contribution < -0.4 is 10.1 Å². The molecule has 1 aliphatic rings. The maximum absolute atomic E-state index is 13.6. The SMILES string of the molecule is CC([C@@H]1CC[C@@H](Nc2ncnc3[nH]cc(C(=O)c4ccc(Oc5ccccc5)cc4Cl)c23)CO1)N(C)C. The molecule has 3 heterocycles. The summed E-state index contributed by atoms with van der Waals surface area (Å²) in [6.45, 7) is 2.74. The van der Waals surface area contributed by atoms with Crippen molar-refractivity contribution in [1.29, 1.82) is 0 Å². The lowest BCUT2D eigenvalue weighted by atomic mass is 9.99. The molecule has 2 aromatic carbocycles. The minimum Gasteiger partial charge on any atom is -0.457 e. The Balaban J connectivity index is 1.35. The normalized spacial score (nSPS) is 18.6. The van der Waals surface area contributed by atoms with Gasteiger partial charge in [0, 0.05) is 23.9 Å². The van der Waals surface area contributed by atoms with Crippen LogP contribution in [0, 0.1) is 0 Å². The molecule has 0 saturated carbocycles. The first-order valence-electron chi connectivity index (χ1n) is 12.3. The van der Waals surface area contributed by atoms with Gasteiger partial charge in [0.1, 0.15) is 29.3 Å². The molecule has 0 bridgehead atoms. The van der Waals surface area contributed by atoms with E-state index in [2.05, 4.69) is 46.2 Å². The number of hydrogen-bond acceptors (Lipinski definition) is 7. The van der Waals surface area contributed by atoms with Gasteiger partial charge in [-0.1, -0.05) is 29.8 Å². The predicted molar refractivity (Wildman–Crippen MR) is 145 cm³/mol. The van der Waals surface area contributed by atoms with E-state index in [1.54, 1.807) is 24.4 Å². The average molecular weight is 520 g/mol. The number of ketones is 1. The lowest BCUT2D eigenvalue weighted by Gasteiger charge is -2.35. The quantitative estimate of drug-likeness (QED) is 0.295. The summed E-state index contributed by atoms with van der Waals surface area (Å²) in [4.78, 5) is 27.6. The van der Waals surface area contributed by atoms with Crippen LogP contribution in [0.25, 0.3) is 11.0 Å². The van der Waals surface area contributed by atoms with Crippen LogP contribution >= 0.6 is 11.6 Å². The molecule has 0 spiro atoms. The molecule has 0 amide bonds. The van der Waals surface area contributed by atoms with Gasteiger partial charge in [-0.2, -0.15) is 0 Å². The number of H-pyrrole nitrogens is 1. The topological polar surface area (TPSA) is 92.4 Å². The Hall–Kier alpha value is -3.46. The summed E-state index contributed by atoms with van der Waals surface area (Å²) in [5.74, 6) is 1.62. The van der Waals surface area contributed by atoms with Gasteiger partial charge in [-0.3, -0.25) is 4.79 Å². The van der Waals surface area contributed by atoms with Crippen LogP contribution in [0.4, 0.5) is 5.82 Å². The molecular weight excluding hydrogens is 490 g/mol. The fourth-order valence-corrected chi connectivity index (χ4v) is 4.81. The summed E-state index contributed by atoms with van der Waals surface area (Å²) in [6.07, 6.45) is 5.22. The summed E-state index contributed by atoms with van der Waals surface area (Å²) >= 11 is 6.54. The molecule has 192 valence electrons. The zero-order valence-electron chi connectivity index (χ0n) is 21.1. The van der Waals surface area contributed by atoms with Crippen LogP contribution in [0.2, 0.25) is 5.02 Å². The van der Waals surface area contributed by atoms with Gasteiger partial charge in [0.25, 0.3) is 0 Å². The summed E-state index contributed by atoms with van der Waals surface area (Å²) in [7, 11) is 4.13. The van der Waals surface area contributed by atoms with Crippen LogP contribution in [0.3, 0.4) is 0 Å². The van der Waals surface area contributed by atoms with Gasteiger partial charge in [-0.15, -0.1) is 0 Å². The molecule has 2 N–H and O–H groups in total. The molecule has 1 unspecified atom stereocenters. The number of carbonyl (C=O) groups is 1. The second-order valence-electron chi connectivity index (χ2n) is 9.53. The molecule has 3 atom stereocenters. The van der Waals surface area contributed by atoms with Crippen molar-refractivity contribution in [2.45, 2.75) is 38.0 Å². The fourth-order valence-electron chi connectivity index (χ4n) is 4.56. The van der Waals surface area contributed by atoms with E-state index >= 15 is 0 Å². The molecule has 4 aromatic rings. The Kier molecular flexibility index (Phi) is 7.41. The molecule has 8 nitrogen and oxygen atoms in total. The van der Waals surface area contributed by atoms with Gasteiger partial charge in [0.2, 0.25) is 0 Å². The van der Waals surface area contributed by atoms with Crippen molar-refractivity contribution in [3.05, 3.63) is 77.2 Å². The summed E-state index contributed by atoms with van der Waals surface area (Å²) in [5, 5.41) is 4.42. The number of halogens is 1. The van der Waals surface area contributed by atoms with Gasteiger partial charge >= 0.3 is 0 Å². The van der Waals surface area contributed by atoms with E-state index < -0.39 is 0 Å². The van der Waals surface area contributed by atoms with Gasteiger partial charge in [0.05, 0.1) is 34.7 Å². The van der Waals surface area contributed by atoms with E-state index in [0.717, 1.165) is 12.8 Å². The third-order valence-electron chi connectivity index (χ3n) is 6.88. The number of benzene rings is 2. The molecule has 9 heteroatoms. The Morgan fingerprint density at radius 1 is 1.14 bits per heavy atom. The van der Waals surface area contributed by atoms with Crippen LogP contribution in [-0.2, 0) is 4.74 Å². The molecule has 37 heavy (non-hydrogen) atoms. The van der Waals surface area contributed by atoms with E-state index in [9.17, 15) is 4.79 Å². The molecule has 2 aromatic heterocycles. The molecule has 0 aliphatic carbocycles. The van der Waals surface area contributed by atoms with Crippen molar-refractivity contribution < 1.29 is 14.3 Å². The second kappa shape index (κ2) is 10.9. The smallest absolute Gasteiger partial charge is 0.196 e. The molecule has 1 aliphatic heterocycles. The number of nitrogens with zero attached hydrogens (tertiary/aromatic N) is 3. The van der Waals surface area contributed by atoms with Crippen molar-refractivity contribution in [2.75, 3.05) is 26.0 Å². The van der Waals surface area contributed by atoms with Crippen molar-refractivity contribution in [3.8, 4) is 11.5 Å². The molecule has 0 radical (unpaired) electrons. The van der Waals surface area contributed by atoms with Crippen LogP contribution in [0.1, 0.15) is 35.7 Å². The third kappa shape index (κ3) is 5.46. The Bertz CT molecular complexity index is 1380. The summed E-state index contributed by atoms with van der Waals surface area (Å²) in [6, 6.07) is 14.9. The number of rotatable bonds is 8. The van der Waals surface area contributed by atoms with Crippen molar-refractivity contribution in [2.24, 2.45) is 0 Å². The lowest BCUT2D eigenvalue weighted by molar-refractivity contribution is -0.0306. The zero-order chi connectivity index (χ0) is 25.9. The van der Waals surface area contributed by atoms with Gasteiger partial charge in [0.15, 0.2) is 5.78 Å². The van der Waals surface area contributed by atoms with Crippen molar-refractivity contribution in [3.63, 3.8) is 0 Å². The highest BCUT2D eigenvalue weighted by Crippen LogP contribution is 2.32. The number of aromatic nitrogens is 3. The molecule has 5 rings (SSSR count). The number of likely N-dealkylation sites (N-methyl/N-ethyl adjacent to an activating group) is 1. The van der Waals surface area contributed by atoms with Crippen molar-refractivity contribution in [1.82, 2.24) is 19.9 Å².